The Hall–Kier alpha value is -3.17. The molecule has 2 saturated heterocycles. The van der Waals surface area contributed by atoms with Gasteiger partial charge >= 0.3 is 11.9 Å². The molecule has 1 aromatic heterocycles. The zero-order valence-electron chi connectivity index (χ0n) is 20.0. The van der Waals surface area contributed by atoms with Crippen molar-refractivity contribution in [2.24, 2.45) is 0 Å². The second-order valence-corrected chi connectivity index (χ2v) is 10.4. The summed E-state index contributed by atoms with van der Waals surface area (Å²) in [6.45, 7) is -1.23. The minimum absolute atomic E-state index is 0.00788. The first-order valence-corrected chi connectivity index (χ1v) is 13.6. The van der Waals surface area contributed by atoms with Crippen LogP contribution in [0.5, 0.6) is 0 Å². The lowest BCUT2D eigenvalue weighted by molar-refractivity contribution is -0.153. The molecule has 4 N–H and O–H groups in total. The van der Waals surface area contributed by atoms with Crippen LogP contribution < -0.4 is 10.6 Å². The molecule has 1 aromatic rings. The van der Waals surface area contributed by atoms with Crippen molar-refractivity contribution in [3.05, 3.63) is 22.4 Å². The minimum atomic E-state index is -1.23. The number of carboxylic acids is 2. The SMILES string of the molecule is CSCC(=O)N[C@H]1C[C@@H](C(=O)O)N(C(=O)COCC(=O)N2C[C@@H](NC(=O)c3cccs3)C[C@H]2C(=O)O)C1. The highest BCUT2D eigenvalue weighted by Gasteiger charge is 2.42. The van der Waals surface area contributed by atoms with Gasteiger partial charge in [-0.1, -0.05) is 6.07 Å². The van der Waals surface area contributed by atoms with Crippen LogP contribution in [-0.4, -0.2) is 118 Å². The maximum atomic E-state index is 12.7. The fraction of sp³-hybridized carbons (Fsp3) is 0.545. The Morgan fingerprint density at radius 1 is 0.973 bits per heavy atom. The van der Waals surface area contributed by atoms with Crippen molar-refractivity contribution in [3.8, 4) is 0 Å². The zero-order valence-corrected chi connectivity index (χ0v) is 21.6. The summed E-state index contributed by atoms with van der Waals surface area (Å²) in [4.78, 5) is 75.4. The first-order valence-electron chi connectivity index (χ1n) is 11.4. The van der Waals surface area contributed by atoms with E-state index in [0.29, 0.717) is 4.88 Å². The average molecular weight is 557 g/mol. The monoisotopic (exact) mass is 556 g/mol. The summed E-state index contributed by atoms with van der Waals surface area (Å²) < 4.78 is 5.22. The molecule has 3 rings (SSSR count). The van der Waals surface area contributed by atoms with E-state index in [0.717, 1.165) is 9.80 Å². The number of ether oxygens (including phenoxy) is 1. The quantitative estimate of drug-likeness (QED) is 0.266. The molecular formula is C22H28N4O9S2. The molecule has 2 aliphatic rings. The van der Waals surface area contributed by atoms with Crippen LogP contribution in [0.15, 0.2) is 17.5 Å². The summed E-state index contributed by atoms with van der Waals surface area (Å²) in [7, 11) is 0. The number of carboxylic acid groups (broad SMARTS) is 2. The molecule has 0 aromatic carbocycles. The molecule has 13 nitrogen and oxygen atoms in total. The Morgan fingerprint density at radius 3 is 1.97 bits per heavy atom. The molecule has 0 aliphatic carbocycles. The number of thioether (sulfide) groups is 1. The Kier molecular flexibility index (Phi) is 9.88. The minimum Gasteiger partial charge on any atom is -0.480 e. The highest BCUT2D eigenvalue weighted by atomic mass is 32.2. The van der Waals surface area contributed by atoms with Gasteiger partial charge in [0, 0.05) is 38.0 Å². The molecule has 4 amide bonds. The lowest BCUT2D eigenvalue weighted by atomic mass is 10.1. The Morgan fingerprint density at radius 2 is 1.51 bits per heavy atom. The van der Waals surface area contributed by atoms with E-state index < -0.39 is 61.1 Å². The van der Waals surface area contributed by atoms with Gasteiger partial charge < -0.3 is 35.4 Å². The number of amides is 4. The van der Waals surface area contributed by atoms with Gasteiger partial charge in [0.15, 0.2) is 0 Å². The number of nitrogens with one attached hydrogen (secondary N) is 2. The van der Waals surface area contributed by atoms with Gasteiger partial charge in [-0.2, -0.15) is 11.8 Å². The predicted octanol–water partition coefficient (Wildman–Crippen LogP) is -0.918. The zero-order chi connectivity index (χ0) is 27.1. The van der Waals surface area contributed by atoms with Gasteiger partial charge in [0.2, 0.25) is 17.7 Å². The van der Waals surface area contributed by atoms with Gasteiger partial charge in [-0.3, -0.25) is 19.2 Å². The van der Waals surface area contributed by atoms with Crippen LogP contribution in [-0.2, 0) is 28.7 Å². The summed E-state index contributed by atoms with van der Waals surface area (Å²) in [6, 6.07) is -0.0532. The van der Waals surface area contributed by atoms with Gasteiger partial charge in [0.1, 0.15) is 25.3 Å². The fourth-order valence-electron chi connectivity index (χ4n) is 4.36. The number of rotatable bonds is 11. The van der Waals surface area contributed by atoms with Gasteiger partial charge in [0.05, 0.1) is 10.6 Å². The molecule has 0 saturated carbocycles. The van der Waals surface area contributed by atoms with Gasteiger partial charge in [-0.25, -0.2) is 9.59 Å². The number of thiophene rings is 1. The molecule has 202 valence electrons. The van der Waals surface area contributed by atoms with Crippen molar-refractivity contribution in [2.75, 3.05) is 38.3 Å². The maximum Gasteiger partial charge on any atom is 0.326 e. The van der Waals surface area contributed by atoms with Crippen LogP contribution in [0.4, 0.5) is 0 Å². The molecule has 0 unspecified atom stereocenters. The highest BCUT2D eigenvalue weighted by Crippen LogP contribution is 2.21. The van der Waals surface area contributed by atoms with E-state index in [-0.39, 0.29) is 43.5 Å². The van der Waals surface area contributed by atoms with Crippen LogP contribution in [0, 0.1) is 0 Å². The highest BCUT2D eigenvalue weighted by molar-refractivity contribution is 7.99. The summed E-state index contributed by atoms with van der Waals surface area (Å²) >= 11 is 2.55. The van der Waals surface area contributed by atoms with Crippen LogP contribution >= 0.6 is 23.1 Å². The lowest BCUT2D eigenvalue weighted by Crippen LogP contribution is -2.45. The van der Waals surface area contributed by atoms with Crippen molar-refractivity contribution in [1.82, 2.24) is 20.4 Å². The van der Waals surface area contributed by atoms with E-state index in [2.05, 4.69) is 10.6 Å². The number of aliphatic carboxylic acids is 2. The van der Waals surface area contributed by atoms with Gasteiger partial charge in [-0.15, -0.1) is 11.3 Å². The van der Waals surface area contributed by atoms with E-state index in [1.54, 1.807) is 23.8 Å². The van der Waals surface area contributed by atoms with Crippen LogP contribution in [0.1, 0.15) is 22.5 Å². The topological polar surface area (TPSA) is 183 Å². The summed E-state index contributed by atoms with van der Waals surface area (Å²) in [5.74, 6) is -4.20. The molecule has 0 radical (unpaired) electrons. The molecule has 2 aliphatic heterocycles. The summed E-state index contributed by atoms with van der Waals surface area (Å²) in [6.07, 6.45) is 1.83. The van der Waals surface area contributed by atoms with Crippen molar-refractivity contribution < 1.29 is 43.7 Å². The third-order valence-electron chi connectivity index (χ3n) is 5.98. The molecule has 4 atom stereocenters. The molecule has 3 heterocycles. The smallest absolute Gasteiger partial charge is 0.326 e. The van der Waals surface area contributed by atoms with E-state index in [1.807, 2.05) is 0 Å². The normalized spacial score (nSPS) is 23.1. The van der Waals surface area contributed by atoms with Gasteiger partial charge in [-0.05, 0) is 17.7 Å². The first kappa shape index (κ1) is 28.4. The van der Waals surface area contributed by atoms with E-state index in [4.69, 9.17) is 4.74 Å². The maximum absolute atomic E-state index is 12.7. The number of carbonyl (C=O) groups is 6. The molecule has 0 bridgehead atoms. The number of carbonyl (C=O) groups excluding carboxylic acids is 4. The van der Waals surface area contributed by atoms with E-state index in [9.17, 15) is 39.0 Å². The number of nitrogens with zero attached hydrogens (tertiary/aromatic N) is 2. The van der Waals surface area contributed by atoms with Crippen molar-refractivity contribution in [1.29, 1.82) is 0 Å². The van der Waals surface area contributed by atoms with Crippen LogP contribution in [0.25, 0.3) is 0 Å². The van der Waals surface area contributed by atoms with Crippen molar-refractivity contribution >= 4 is 58.7 Å². The van der Waals surface area contributed by atoms with Crippen molar-refractivity contribution in [2.45, 2.75) is 37.0 Å². The molecule has 2 fully saturated rings. The fourth-order valence-corrected chi connectivity index (χ4v) is 5.33. The number of hydrogen-bond acceptors (Lipinski definition) is 9. The average Bonchev–Trinajstić information content (AvgIpc) is 3.58. The molecule has 37 heavy (non-hydrogen) atoms. The number of likely N-dealkylation sites (tertiary alicyclic amines) is 2. The van der Waals surface area contributed by atoms with Crippen LogP contribution in [0.3, 0.4) is 0 Å². The second kappa shape index (κ2) is 12.9. The Bertz CT molecular complexity index is 1040. The number of hydrogen-bond donors (Lipinski definition) is 4. The molecular weight excluding hydrogens is 528 g/mol. The van der Waals surface area contributed by atoms with E-state index >= 15 is 0 Å². The summed E-state index contributed by atoms with van der Waals surface area (Å²) in [5.41, 5.74) is 0. The lowest BCUT2D eigenvalue weighted by Gasteiger charge is -2.23. The predicted molar refractivity (Wildman–Crippen MR) is 132 cm³/mol. The summed E-state index contributed by atoms with van der Waals surface area (Å²) in [5, 5.41) is 26.2. The van der Waals surface area contributed by atoms with Crippen molar-refractivity contribution in [3.63, 3.8) is 0 Å². The standard InChI is InChI=1S/C22H28N4O9S2/c1-36-11-17(27)23-12-5-14(21(31)32)25(7-12)18(28)9-35-10-19(29)26-8-13(6-15(26)22(33)34)24-20(30)16-3-2-4-37-16/h2-4,12-15H,5-11H2,1H3,(H,23,27)(H,24,30)(H,31,32)(H,33,34)/t12-,13-,14-,15-/m0/s1. The molecule has 0 spiro atoms. The Labute approximate surface area is 220 Å². The first-order chi connectivity index (χ1) is 17.6. The molecule has 15 heteroatoms. The van der Waals surface area contributed by atoms with Crippen LogP contribution in [0.2, 0.25) is 0 Å². The third-order valence-corrected chi connectivity index (χ3v) is 7.40. The largest absolute Gasteiger partial charge is 0.480 e. The second-order valence-electron chi connectivity index (χ2n) is 8.61. The van der Waals surface area contributed by atoms with E-state index in [1.165, 1.54) is 23.1 Å². The third kappa shape index (κ3) is 7.42. The van der Waals surface area contributed by atoms with Gasteiger partial charge in [0.25, 0.3) is 5.91 Å². The Balaban J connectivity index is 1.51.